The molecule has 2 aromatic heterocycles. The van der Waals surface area contributed by atoms with Gasteiger partial charge in [-0.1, -0.05) is 30.3 Å². The topological polar surface area (TPSA) is 53.4 Å². The fourth-order valence-electron chi connectivity index (χ4n) is 3.21. The van der Waals surface area contributed by atoms with Crippen molar-refractivity contribution in [3.63, 3.8) is 0 Å². The Labute approximate surface area is 167 Å². The molecule has 0 spiro atoms. The molecule has 0 aliphatic heterocycles. The number of esters is 1. The van der Waals surface area contributed by atoms with Gasteiger partial charge in [0.2, 0.25) is 0 Å². The Kier molecular flexibility index (Phi) is 5.12. The number of rotatable bonds is 6. The van der Waals surface area contributed by atoms with Crippen LogP contribution < -0.4 is 4.74 Å². The minimum absolute atomic E-state index is 0.155. The maximum atomic E-state index is 12.4. The van der Waals surface area contributed by atoms with E-state index < -0.39 is 0 Å². The summed E-state index contributed by atoms with van der Waals surface area (Å²) < 4.78 is 12.8. The molecule has 0 saturated carbocycles. The molecule has 0 aliphatic rings. The van der Waals surface area contributed by atoms with E-state index in [0.717, 1.165) is 38.6 Å². The average molecular weight is 392 g/mol. The van der Waals surface area contributed by atoms with Crippen LogP contribution in [0.1, 0.15) is 11.4 Å². The Balaban J connectivity index is 1.43. The third-order valence-corrected chi connectivity index (χ3v) is 5.50. The van der Waals surface area contributed by atoms with E-state index in [4.69, 9.17) is 9.47 Å². The average Bonchev–Trinajstić information content (AvgIpc) is 3.31. The van der Waals surface area contributed by atoms with E-state index in [1.54, 1.807) is 7.11 Å². The molecule has 142 valence electrons. The molecule has 0 atom stereocenters. The molecule has 0 amide bonds. The van der Waals surface area contributed by atoms with Crippen LogP contribution in [0.2, 0.25) is 0 Å². The van der Waals surface area contributed by atoms with Crippen molar-refractivity contribution in [2.45, 2.75) is 20.1 Å². The molecule has 4 aromatic rings. The predicted molar refractivity (Wildman–Crippen MR) is 111 cm³/mol. The number of thiazole rings is 1. The second-order valence-corrected chi connectivity index (χ2v) is 7.29. The van der Waals surface area contributed by atoms with Crippen molar-refractivity contribution >= 4 is 28.2 Å². The molecular formula is C22H20N2O3S. The van der Waals surface area contributed by atoms with E-state index in [1.165, 1.54) is 11.3 Å². The number of methoxy groups -OCH3 is 1. The maximum Gasteiger partial charge on any atom is 0.326 e. The normalized spacial score (nSPS) is 10.9. The van der Waals surface area contributed by atoms with Crippen molar-refractivity contribution in [2.24, 2.45) is 0 Å². The Hall–Kier alpha value is -3.12. The first-order valence-corrected chi connectivity index (χ1v) is 9.82. The molecule has 0 N–H and O–H groups in total. The molecule has 0 bridgehead atoms. The maximum absolute atomic E-state index is 12.4. The Bertz CT molecular complexity index is 1130. The van der Waals surface area contributed by atoms with Crippen molar-refractivity contribution in [1.29, 1.82) is 0 Å². The molecular weight excluding hydrogens is 372 g/mol. The summed E-state index contributed by atoms with van der Waals surface area (Å²) in [5, 5.41) is 3.87. The summed E-state index contributed by atoms with van der Waals surface area (Å²) in [4.78, 5) is 16.9. The highest BCUT2D eigenvalue weighted by Crippen LogP contribution is 2.32. The van der Waals surface area contributed by atoms with E-state index in [0.29, 0.717) is 0 Å². The number of aryl methyl sites for hydroxylation is 1. The van der Waals surface area contributed by atoms with Crippen molar-refractivity contribution in [3.8, 4) is 16.3 Å². The summed E-state index contributed by atoms with van der Waals surface area (Å²) in [6.07, 6.45) is 0. The molecule has 0 fully saturated rings. The van der Waals surface area contributed by atoms with E-state index in [9.17, 15) is 4.79 Å². The van der Waals surface area contributed by atoms with Crippen LogP contribution in [0.3, 0.4) is 0 Å². The fourth-order valence-corrected chi connectivity index (χ4v) is 4.04. The minimum Gasteiger partial charge on any atom is -0.496 e. The van der Waals surface area contributed by atoms with Crippen molar-refractivity contribution in [2.75, 3.05) is 7.11 Å². The monoisotopic (exact) mass is 392 g/mol. The molecule has 2 aromatic carbocycles. The molecule has 2 heterocycles. The van der Waals surface area contributed by atoms with Gasteiger partial charge < -0.3 is 14.0 Å². The number of benzene rings is 2. The van der Waals surface area contributed by atoms with Gasteiger partial charge in [0.15, 0.2) is 0 Å². The van der Waals surface area contributed by atoms with Gasteiger partial charge in [-0.15, -0.1) is 11.3 Å². The molecule has 4 rings (SSSR count). The van der Waals surface area contributed by atoms with Crippen LogP contribution in [0, 0.1) is 6.92 Å². The summed E-state index contributed by atoms with van der Waals surface area (Å²) in [7, 11) is 1.64. The molecule has 5 nitrogen and oxygen atoms in total. The van der Waals surface area contributed by atoms with Crippen molar-refractivity contribution in [1.82, 2.24) is 9.55 Å². The van der Waals surface area contributed by atoms with E-state index in [2.05, 4.69) is 11.1 Å². The van der Waals surface area contributed by atoms with Crippen LogP contribution in [-0.4, -0.2) is 22.6 Å². The number of ether oxygens (including phenoxy) is 2. The second-order valence-electron chi connectivity index (χ2n) is 6.44. The number of hydrogen-bond acceptors (Lipinski definition) is 5. The molecule has 0 saturated heterocycles. The molecule has 28 heavy (non-hydrogen) atoms. The SMILES string of the molecule is COc1ccccc1-c1nc(COC(=O)Cn2c(C)cc3ccccc32)cs1. The lowest BCUT2D eigenvalue weighted by atomic mass is 10.2. The Morgan fingerprint density at radius 1 is 1.14 bits per heavy atom. The van der Waals surface area contributed by atoms with Crippen LogP contribution in [0.15, 0.2) is 60.0 Å². The summed E-state index contributed by atoms with van der Waals surface area (Å²) in [5.74, 6) is 0.492. The predicted octanol–water partition coefficient (Wildman–Crippen LogP) is 4.83. The summed E-state index contributed by atoms with van der Waals surface area (Å²) in [6.45, 7) is 2.33. The lowest BCUT2D eigenvalue weighted by Gasteiger charge is -2.08. The second kappa shape index (κ2) is 7.86. The highest BCUT2D eigenvalue weighted by atomic mass is 32.1. The van der Waals surface area contributed by atoms with Gasteiger partial charge in [0.1, 0.15) is 23.9 Å². The third kappa shape index (κ3) is 3.64. The van der Waals surface area contributed by atoms with Gasteiger partial charge in [-0.3, -0.25) is 4.79 Å². The van der Waals surface area contributed by atoms with Crippen molar-refractivity contribution < 1.29 is 14.3 Å². The molecule has 6 heteroatoms. The standard InChI is InChI=1S/C22H20N2O3S/c1-15-11-16-7-3-5-9-19(16)24(15)12-21(25)27-13-17-14-28-22(23-17)18-8-4-6-10-20(18)26-2/h3-11,14H,12-13H2,1-2H3. The van der Waals surface area contributed by atoms with Crippen LogP contribution >= 0.6 is 11.3 Å². The van der Waals surface area contributed by atoms with Crippen LogP contribution in [0.5, 0.6) is 5.75 Å². The fraction of sp³-hybridized carbons (Fsp3) is 0.182. The lowest BCUT2D eigenvalue weighted by Crippen LogP contribution is -2.14. The largest absolute Gasteiger partial charge is 0.496 e. The third-order valence-electron chi connectivity index (χ3n) is 4.58. The van der Waals surface area contributed by atoms with Crippen LogP contribution in [-0.2, 0) is 22.7 Å². The lowest BCUT2D eigenvalue weighted by molar-refractivity contribution is -0.145. The first-order valence-electron chi connectivity index (χ1n) is 8.94. The first kappa shape index (κ1) is 18.3. The zero-order valence-corrected chi connectivity index (χ0v) is 16.5. The smallest absolute Gasteiger partial charge is 0.326 e. The zero-order valence-electron chi connectivity index (χ0n) is 15.7. The number of fused-ring (bicyclic) bond motifs is 1. The van der Waals surface area contributed by atoms with Gasteiger partial charge in [0.05, 0.1) is 18.4 Å². The highest BCUT2D eigenvalue weighted by Gasteiger charge is 2.13. The Morgan fingerprint density at radius 2 is 1.93 bits per heavy atom. The van der Waals surface area contributed by atoms with Gasteiger partial charge >= 0.3 is 5.97 Å². The highest BCUT2D eigenvalue weighted by molar-refractivity contribution is 7.13. The minimum atomic E-state index is -0.281. The zero-order chi connectivity index (χ0) is 19.5. The number of hydrogen-bond donors (Lipinski definition) is 0. The quantitative estimate of drug-likeness (QED) is 0.441. The molecule has 0 unspecified atom stereocenters. The number of aromatic nitrogens is 2. The Morgan fingerprint density at radius 3 is 2.79 bits per heavy atom. The molecule has 0 radical (unpaired) electrons. The van der Waals surface area contributed by atoms with Gasteiger partial charge in [0, 0.05) is 16.6 Å². The van der Waals surface area contributed by atoms with Gasteiger partial charge in [-0.2, -0.15) is 0 Å². The number of nitrogens with zero attached hydrogens (tertiary/aromatic N) is 2. The van der Waals surface area contributed by atoms with Crippen LogP contribution in [0.4, 0.5) is 0 Å². The van der Waals surface area contributed by atoms with Gasteiger partial charge in [0.25, 0.3) is 0 Å². The first-order chi connectivity index (χ1) is 13.7. The van der Waals surface area contributed by atoms with E-state index in [-0.39, 0.29) is 19.1 Å². The summed E-state index contributed by atoms with van der Waals surface area (Å²) in [6, 6.07) is 17.8. The van der Waals surface area contributed by atoms with Gasteiger partial charge in [-0.05, 0) is 36.6 Å². The van der Waals surface area contributed by atoms with Crippen molar-refractivity contribution in [3.05, 3.63) is 71.4 Å². The van der Waals surface area contributed by atoms with Gasteiger partial charge in [-0.25, -0.2) is 4.98 Å². The summed E-state index contributed by atoms with van der Waals surface area (Å²) in [5.41, 5.74) is 3.73. The van der Waals surface area contributed by atoms with E-state index >= 15 is 0 Å². The van der Waals surface area contributed by atoms with E-state index in [1.807, 2.05) is 65.4 Å². The molecule has 0 aliphatic carbocycles. The van der Waals surface area contributed by atoms with Crippen LogP contribution in [0.25, 0.3) is 21.5 Å². The summed E-state index contributed by atoms with van der Waals surface area (Å²) >= 11 is 1.51. The number of carbonyl (C=O) groups is 1. The number of carbonyl (C=O) groups excluding carboxylic acids is 1. The number of para-hydroxylation sites is 2.